The molecule has 1 saturated heterocycles. The van der Waals surface area contributed by atoms with Crippen LogP contribution in [0.15, 0.2) is 6.07 Å². The van der Waals surface area contributed by atoms with Gasteiger partial charge in [0.15, 0.2) is 0 Å². The number of nitrogens with zero attached hydrogens (tertiary/aromatic N) is 5. The summed E-state index contributed by atoms with van der Waals surface area (Å²) in [7, 11) is 3.94. The minimum absolute atomic E-state index is 0.0332. The van der Waals surface area contributed by atoms with Gasteiger partial charge in [0.2, 0.25) is 5.91 Å². The summed E-state index contributed by atoms with van der Waals surface area (Å²) in [5.74, 6) is 3.13. The number of hydrogen-bond donors (Lipinski definition) is 0. The number of anilines is 2. The van der Waals surface area contributed by atoms with Crippen LogP contribution in [0.2, 0.25) is 0 Å². The lowest BCUT2D eigenvalue weighted by molar-refractivity contribution is -0.137. The van der Waals surface area contributed by atoms with Crippen LogP contribution in [0, 0.1) is 12.8 Å². The maximum absolute atomic E-state index is 12.7. The minimum Gasteiger partial charge on any atom is -0.363 e. The number of amides is 1. The third kappa shape index (κ3) is 4.08. The van der Waals surface area contributed by atoms with Crippen molar-refractivity contribution in [3.8, 4) is 0 Å². The van der Waals surface area contributed by atoms with E-state index >= 15 is 0 Å². The second-order valence-corrected chi connectivity index (χ2v) is 7.15. The second kappa shape index (κ2) is 7.37. The molecule has 0 N–H and O–H groups in total. The molecule has 2 heterocycles. The Morgan fingerprint density at radius 3 is 2.36 bits per heavy atom. The molecular weight excluding hydrogens is 318 g/mol. The number of ketones is 1. The fourth-order valence-electron chi connectivity index (χ4n) is 3.53. The molecule has 0 atom stereocenters. The zero-order valence-corrected chi connectivity index (χ0v) is 15.4. The van der Waals surface area contributed by atoms with E-state index in [-0.39, 0.29) is 11.8 Å². The van der Waals surface area contributed by atoms with Crippen molar-refractivity contribution in [1.82, 2.24) is 14.9 Å². The summed E-state index contributed by atoms with van der Waals surface area (Å²) in [6.45, 7) is 4.88. The van der Waals surface area contributed by atoms with Gasteiger partial charge < -0.3 is 14.7 Å². The lowest BCUT2D eigenvalue weighted by Gasteiger charge is -2.37. The van der Waals surface area contributed by atoms with Crippen molar-refractivity contribution < 1.29 is 9.59 Å². The van der Waals surface area contributed by atoms with Gasteiger partial charge in [-0.15, -0.1) is 0 Å². The Kier molecular flexibility index (Phi) is 5.20. The van der Waals surface area contributed by atoms with Gasteiger partial charge in [-0.3, -0.25) is 9.59 Å². The average molecular weight is 345 g/mol. The largest absolute Gasteiger partial charge is 0.363 e. The fourth-order valence-corrected chi connectivity index (χ4v) is 3.53. The number of Topliss-reactive ketones (excluding diaryl/α,β-unsaturated/α-hetero) is 1. The Balaban J connectivity index is 1.60. The quantitative estimate of drug-likeness (QED) is 0.821. The van der Waals surface area contributed by atoms with Gasteiger partial charge in [-0.25, -0.2) is 9.97 Å². The molecule has 1 saturated carbocycles. The number of hydrogen-bond acceptors (Lipinski definition) is 6. The van der Waals surface area contributed by atoms with Crippen LogP contribution in [-0.4, -0.2) is 66.8 Å². The molecule has 136 valence electrons. The maximum Gasteiger partial charge on any atom is 0.225 e. The minimum atomic E-state index is 0.0332. The van der Waals surface area contributed by atoms with E-state index in [2.05, 4.69) is 14.9 Å². The van der Waals surface area contributed by atoms with Gasteiger partial charge in [-0.2, -0.15) is 0 Å². The number of piperazine rings is 1. The molecule has 25 heavy (non-hydrogen) atoms. The Labute approximate surface area is 149 Å². The zero-order chi connectivity index (χ0) is 18.0. The highest BCUT2D eigenvalue weighted by atomic mass is 16.2. The summed E-state index contributed by atoms with van der Waals surface area (Å²) < 4.78 is 0. The smallest absolute Gasteiger partial charge is 0.225 e. The molecule has 0 unspecified atom stereocenters. The van der Waals surface area contributed by atoms with Crippen molar-refractivity contribution >= 4 is 23.3 Å². The van der Waals surface area contributed by atoms with Crippen LogP contribution < -0.4 is 9.80 Å². The monoisotopic (exact) mass is 345 g/mol. The van der Waals surface area contributed by atoms with Crippen molar-refractivity contribution in [2.75, 3.05) is 50.1 Å². The Bertz CT molecular complexity index is 643. The predicted molar refractivity (Wildman–Crippen MR) is 96.9 cm³/mol. The Hall–Kier alpha value is -2.18. The molecule has 2 fully saturated rings. The highest BCUT2D eigenvalue weighted by molar-refractivity contribution is 5.84. The van der Waals surface area contributed by atoms with Crippen LogP contribution in [0.1, 0.15) is 31.5 Å². The highest BCUT2D eigenvalue weighted by Gasteiger charge is 2.30. The van der Waals surface area contributed by atoms with E-state index in [0.29, 0.717) is 31.7 Å². The first-order valence-electron chi connectivity index (χ1n) is 9.02. The summed E-state index contributed by atoms with van der Waals surface area (Å²) in [6, 6.07) is 2.00. The Morgan fingerprint density at radius 1 is 1.12 bits per heavy atom. The van der Waals surface area contributed by atoms with E-state index in [4.69, 9.17) is 0 Å². The van der Waals surface area contributed by atoms with E-state index in [0.717, 1.165) is 43.4 Å². The summed E-state index contributed by atoms with van der Waals surface area (Å²) in [5.41, 5.74) is 0. The predicted octanol–water partition coefficient (Wildman–Crippen LogP) is 1.26. The van der Waals surface area contributed by atoms with Crippen molar-refractivity contribution in [3.63, 3.8) is 0 Å². The van der Waals surface area contributed by atoms with Gasteiger partial charge >= 0.3 is 0 Å². The summed E-state index contributed by atoms with van der Waals surface area (Å²) in [4.78, 5) is 39.2. The SMILES string of the molecule is Cc1nc(N(C)C)cc(N2CCN(C(=O)C3CCC(=O)CC3)CC2)n1. The van der Waals surface area contributed by atoms with Gasteiger partial charge in [0, 0.05) is 65.1 Å². The third-order valence-electron chi connectivity index (χ3n) is 5.08. The van der Waals surface area contributed by atoms with Crippen molar-refractivity contribution in [3.05, 3.63) is 11.9 Å². The molecule has 0 bridgehead atoms. The number of aryl methyl sites for hydroxylation is 1. The van der Waals surface area contributed by atoms with Gasteiger partial charge in [0.1, 0.15) is 23.2 Å². The summed E-state index contributed by atoms with van der Waals surface area (Å²) >= 11 is 0. The third-order valence-corrected chi connectivity index (χ3v) is 5.08. The maximum atomic E-state index is 12.7. The van der Waals surface area contributed by atoms with Gasteiger partial charge in [-0.05, 0) is 19.8 Å². The van der Waals surface area contributed by atoms with E-state index in [9.17, 15) is 9.59 Å². The molecule has 0 radical (unpaired) electrons. The molecule has 1 aromatic heterocycles. The van der Waals surface area contributed by atoms with E-state index in [1.54, 1.807) is 0 Å². The number of carbonyl (C=O) groups excluding carboxylic acids is 2. The highest BCUT2D eigenvalue weighted by Crippen LogP contribution is 2.25. The summed E-state index contributed by atoms with van der Waals surface area (Å²) in [6.07, 6.45) is 2.55. The molecule has 1 aromatic rings. The average Bonchev–Trinajstić information content (AvgIpc) is 2.61. The molecule has 0 aromatic carbocycles. The Morgan fingerprint density at radius 2 is 1.76 bits per heavy atom. The molecule has 1 amide bonds. The standard InChI is InChI=1S/C18H27N5O2/c1-13-19-16(21(2)3)12-17(20-13)22-8-10-23(11-9-22)18(25)14-4-6-15(24)7-5-14/h12,14H,4-11H2,1-3H3. The van der Waals surface area contributed by atoms with Crippen LogP contribution in [0.5, 0.6) is 0 Å². The topological polar surface area (TPSA) is 69.6 Å². The molecule has 2 aliphatic rings. The number of carbonyl (C=O) groups is 2. The molecular formula is C18H27N5O2. The van der Waals surface area contributed by atoms with Crippen molar-refractivity contribution in [2.45, 2.75) is 32.6 Å². The number of rotatable bonds is 3. The van der Waals surface area contributed by atoms with Crippen molar-refractivity contribution in [1.29, 1.82) is 0 Å². The normalized spacial score (nSPS) is 19.2. The van der Waals surface area contributed by atoms with Crippen LogP contribution in [0.3, 0.4) is 0 Å². The first-order chi connectivity index (χ1) is 11.9. The molecule has 7 nitrogen and oxygen atoms in total. The van der Waals surface area contributed by atoms with Gasteiger partial charge in [0.05, 0.1) is 0 Å². The van der Waals surface area contributed by atoms with Gasteiger partial charge in [-0.1, -0.05) is 0 Å². The van der Waals surface area contributed by atoms with Crippen LogP contribution in [0.4, 0.5) is 11.6 Å². The number of aromatic nitrogens is 2. The molecule has 1 aliphatic carbocycles. The fraction of sp³-hybridized carbons (Fsp3) is 0.667. The van der Waals surface area contributed by atoms with Crippen LogP contribution in [-0.2, 0) is 9.59 Å². The summed E-state index contributed by atoms with van der Waals surface area (Å²) in [5, 5.41) is 0. The van der Waals surface area contributed by atoms with E-state index in [1.807, 2.05) is 36.9 Å². The lowest BCUT2D eigenvalue weighted by atomic mass is 9.87. The van der Waals surface area contributed by atoms with E-state index < -0.39 is 0 Å². The molecule has 7 heteroatoms. The first kappa shape index (κ1) is 17.6. The van der Waals surface area contributed by atoms with Crippen LogP contribution in [0.25, 0.3) is 0 Å². The van der Waals surface area contributed by atoms with E-state index in [1.165, 1.54) is 0 Å². The molecule has 0 spiro atoms. The lowest BCUT2D eigenvalue weighted by Crippen LogP contribution is -2.51. The zero-order valence-electron chi connectivity index (χ0n) is 15.4. The molecule has 3 rings (SSSR count). The van der Waals surface area contributed by atoms with Gasteiger partial charge in [0.25, 0.3) is 0 Å². The molecule has 1 aliphatic heterocycles. The van der Waals surface area contributed by atoms with Crippen LogP contribution >= 0.6 is 0 Å². The second-order valence-electron chi connectivity index (χ2n) is 7.15. The first-order valence-corrected chi connectivity index (χ1v) is 9.02. The van der Waals surface area contributed by atoms with Crippen molar-refractivity contribution in [2.24, 2.45) is 5.92 Å².